The quantitative estimate of drug-likeness (QED) is 0.626. The van der Waals surface area contributed by atoms with Crippen molar-refractivity contribution < 1.29 is 4.79 Å². The van der Waals surface area contributed by atoms with E-state index in [1.54, 1.807) is 0 Å². The molecule has 3 nitrogen and oxygen atoms in total. The van der Waals surface area contributed by atoms with Gasteiger partial charge in [-0.1, -0.05) is 22.0 Å². The van der Waals surface area contributed by atoms with Crippen LogP contribution in [-0.2, 0) is 4.79 Å². The van der Waals surface area contributed by atoms with Crippen molar-refractivity contribution in [2.45, 2.75) is 6.92 Å². The van der Waals surface area contributed by atoms with E-state index in [4.69, 9.17) is 0 Å². The van der Waals surface area contributed by atoms with Gasteiger partial charge < -0.3 is 10.6 Å². The summed E-state index contributed by atoms with van der Waals surface area (Å²) in [4.78, 5) is 12.0. The highest BCUT2D eigenvalue weighted by Gasteiger charge is 2.08. The van der Waals surface area contributed by atoms with Gasteiger partial charge in [-0.2, -0.15) is 0 Å². The lowest BCUT2D eigenvalue weighted by Gasteiger charge is -2.12. The van der Waals surface area contributed by atoms with Gasteiger partial charge in [-0.25, -0.2) is 0 Å². The molecule has 110 valence electrons. The molecule has 0 atom stereocenters. The van der Waals surface area contributed by atoms with Gasteiger partial charge in [0, 0.05) is 19.1 Å². The van der Waals surface area contributed by atoms with Crippen LogP contribution >= 0.6 is 47.8 Å². The Balaban J connectivity index is 1.99. The summed E-state index contributed by atoms with van der Waals surface area (Å²) in [5.41, 5.74) is 2.76. The van der Waals surface area contributed by atoms with Crippen molar-refractivity contribution >= 4 is 65.1 Å². The number of anilines is 2. The summed E-state index contributed by atoms with van der Waals surface area (Å²) in [6.07, 6.45) is 0. The second-order valence-corrected chi connectivity index (χ2v) is 7.14. The second kappa shape index (κ2) is 7.42. The number of nitrogens with one attached hydrogen (secondary N) is 2. The first kappa shape index (κ1) is 16.5. The van der Waals surface area contributed by atoms with Crippen LogP contribution in [0.1, 0.15) is 5.56 Å². The van der Waals surface area contributed by atoms with Gasteiger partial charge in [0.25, 0.3) is 0 Å². The fourth-order valence-corrected chi connectivity index (χ4v) is 3.90. The molecule has 1 amide bonds. The molecular weight excluding hydrogens is 464 g/mol. The molecule has 0 fully saturated rings. The second-order valence-electron chi connectivity index (χ2n) is 4.52. The van der Waals surface area contributed by atoms with Crippen LogP contribution in [0.25, 0.3) is 0 Å². The van der Waals surface area contributed by atoms with Crippen molar-refractivity contribution in [2.75, 3.05) is 17.2 Å². The SMILES string of the molecule is Cc1cc(Br)c(NCC(=O)Nc2cccc(Br)c2)c(Br)c1. The Hall–Kier alpha value is -0.850. The lowest BCUT2D eigenvalue weighted by molar-refractivity contribution is -0.114. The first-order chi connectivity index (χ1) is 9.95. The number of aryl methyl sites for hydroxylation is 1. The normalized spacial score (nSPS) is 10.3. The van der Waals surface area contributed by atoms with E-state index in [1.807, 2.05) is 43.3 Å². The van der Waals surface area contributed by atoms with E-state index in [-0.39, 0.29) is 12.5 Å². The first-order valence-electron chi connectivity index (χ1n) is 6.20. The number of halogens is 3. The monoisotopic (exact) mass is 474 g/mol. The van der Waals surface area contributed by atoms with Gasteiger partial charge in [0.05, 0.1) is 12.2 Å². The predicted molar refractivity (Wildman–Crippen MR) is 97.8 cm³/mol. The maximum Gasteiger partial charge on any atom is 0.243 e. The Morgan fingerprint density at radius 1 is 1.10 bits per heavy atom. The van der Waals surface area contributed by atoms with Crippen LogP contribution in [0.3, 0.4) is 0 Å². The largest absolute Gasteiger partial charge is 0.374 e. The van der Waals surface area contributed by atoms with Crippen molar-refractivity contribution in [1.29, 1.82) is 0 Å². The minimum atomic E-state index is -0.104. The van der Waals surface area contributed by atoms with E-state index in [2.05, 4.69) is 58.4 Å². The predicted octanol–water partition coefficient (Wildman–Crippen LogP) is 5.33. The maximum atomic E-state index is 12.0. The van der Waals surface area contributed by atoms with Crippen molar-refractivity contribution in [2.24, 2.45) is 0 Å². The molecule has 0 aromatic heterocycles. The summed E-state index contributed by atoms with van der Waals surface area (Å²) in [6.45, 7) is 2.20. The Bertz CT molecular complexity index is 651. The lowest BCUT2D eigenvalue weighted by atomic mass is 10.2. The third-order valence-corrected chi connectivity index (χ3v) is 4.46. The fraction of sp³-hybridized carbons (Fsp3) is 0.133. The van der Waals surface area contributed by atoms with Gasteiger partial charge in [-0.3, -0.25) is 4.79 Å². The summed E-state index contributed by atoms with van der Waals surface area (Å²) in [6, 6.07) is 11.5. The number of rotatable bonds is 4. The van der Waals surface area contributed by atoms with Gasteiger partial charge in [0.15, 0.2) is 0 Å². The molecule has 6 heteroatoms. The van der Waals surface area contributed by atoms with Gasteiger partial charge in [-0.05, 0) is 74.7 Å². The zero-order valence-electron chi connectivity index (χ0n) is 11.2. The number of hydrogen-bond acceptors (Lipinski definition) is 2. The average Bonchev–Trinajstić information content (AvgIpc) is 2.37. The van der Waals surface area contributed by atoms with Crippen LogP contribution in [0.5, 0.6) is 0 Å². The molecule has 0 saturated carbocycles. The molecule has 0 radical (unpaired) electrons. The summed E-state index contributed by atoms with van der Waals surface area (Å²) >= 11 is 10.4. The molecular formula is C15H13Br3N2O. The summed E-state index contributed by atoms with van der Waals surface area (Å²) in [7, 11) is 0. The van der Waals surface area contributed by atoms with Crippen molar-refractivity contribution in [3.63, 3.8) is 0 Å². The van der Waals surface area contributed by atoms with Crippen molar-refractivity contribution in [3.8, 4) is 0 Å². The Morgan fingerprint density at radius 2 is 1.76 bits per heavy atom. The Morgan fingerprint density at radius 3 is 2.38 bits per heavy atom. The van der Waals surface area contributed by atoms with E-state index < -0.39 is 0 Å². The first-order valence-corrected chi connectivity index (χ1v) is 8.58. The molecule has 0 aliphatic rings. The minimum absolute atomic E-state index is 0.104. The number of carbonyl (C=O) groups is 1. The molecule has 21 heavy (non-hydrogen) atoms. The molecule has 0 heterocycles. The number of amides is 1. The van der Waals surface area contributed by atoms with Crippen LogP contribution in [0.15, 0.2) is 49.8 Å². The number of hydrogen-bond donors (Lipinski definition) is 2. The van der Waals surface area contributed by atoms with E-state index in [1.165, 1.54) is 0 Å². The van der Waals surface area contributed by atoms with Gasteiger partial charge in [0.2, 0.25) is 5.91 Å². The molecule has 2 rings (SSSR count). The van der Waals surface area contributed by atoms with Gasteiger partial charge in [-0.15, -0.1) is 0 Å². The molecule has 2 N–H and O–H groups in total. The molecule has 0 spiro atoms. The van der Waals surface area contributed by atoms with E-state index in [0.29, 0.717) is 0 Å². The molecule has 0 unspecified atom stereocenters. The number of carbonyl (C=O) groups excluding carboxylic acids is 1. The molecule has 2 aromatic rings. The summed E-state index contributed by atoms with van der Waals surface area (Å²) in [5.74, 6) is -0.104. The van der Waals surface area contributed by atoms with Crippen LogP contribution < -0.4 is 10.6 Å². The van der Waals surface area contributed by atoms with Crippen molar-refractivity contribution in [1.82, 2.24) is 0 Å². The highest BCUT2D eigenvalue weighted by Crippen LogP contribution is 2.32. The van der Waals surface area contributed by atoms with Crippen LogP contribution in [-0.4, -0.2) is 12.5 Å². The highest BCUT2D eigenvalue weighted by molar-refractivity contribution is 9.11. The lowest BCUT2D eigenvalue weighted by Crippen LogP contribution is -2.22. The number of benzene rings is 2. The maximum absolute atomic E-state index is 12.0. The van der Waals surface area contributed by atoms with Crippen LogP contribution in [0.2, 0.25) is 0 Å². The average molecular weight is 477 g/mol. The van der Waals surface area contributed by atoms with Gasteiger partial charge in [0.1, 0.15) is 0 Å². The smallest absolute Gasteiger partial charge is 0.243 e. The third-order valence-electron chi connectivity index (χ3n) is 2.72. The zero-order chi connectivity index (χ0) is 15.4. The molecule has 0 saturated heterocycles. The fourth-order valence-electron chi connectivity index (χ4n) is 1.81. The summed E-state index contributed by atoms with van der Waals surface area (Å²) < 4.78 is 2.77. The molecule has 0 bridgehead atoms. The van der Waals surface area contributed by atoms with E-state index in [9.17, 15) is 4.79 Å². The molecule has 0 aliphatic carbocycles. The van der Waals surface area contributed by atoms with Crippen molar-refractivity contribution in [3.05, 3.63) is 55.4 Å². The van der Waals surface area contributed by atoms with E-state index >= 15 is 0 Å². The van der Waals surface area contributed by atoms with Crippen LogP contribution in [0.4, 0.5) is 11.4 Å². The molecule has 0 aliphatic heterocycles. The van der Waals surface area contributed by atoms with Gasteiger partial charge >= 0.3 is 0 Å². The summed E-state index contributed by atoms with van der Waals surface area (Å²) in [5, 5.41) is 5.97. The Labute approximate surface area is 148 Å². The molecule has 2 aromatic carbocycles. The standard InChI is InChI=1S/C15H13Br3N2O/c1-9-5-12(17)15(13(18)6-9)19-8-14(21)20-11-4-2-3-10(16)7-11/h2-7,19H,8H2,1H3,(H,20,21). The Kier molecular flexibility index (Phi) is 5.84. The third kappa shape index (κ3) is 4.83. The van der Waals surface area contributed by atoms with E-state index in [0.717, 1.165) is 30.4 Å². The highest BCUT2D eigenvalue weighted by atomic mass is 79.9. The topological polar surface area (TPSA) is 41.1 Å². The zero-order valence-corrected chi connectivity index (χ0v) is 16.0. The minimum Gasteiger partial charge on any atom is -0.374 e. The van der Waals surface area contributed by atoms with Crippen LogP contribution in [0, 0.1) is 6.92 Å².